The van der Waals surface area contributed by atoms with Gasteiger partial charge >= 0.3 is 0 Å². The van der Waals surface area contributed by atoms with Crippen molar-refractivity contribution in [1.82, 2.24) is 19.7 Å². The van der Waals surface area contributed by atoms with Crippen LogP contribution in [0.2, 0.25) is 5.28 Å². The highest BCUT2D eigenvalue weighted by Gasteiger charge is 2.12. The number of rotatable bonds is 2. The van der Waals surface area contributed by atoms with Crippen molar-refractivity contribution in [3.63, 3.8) is 0 Å². The zero-order valence-corrected chi connectivity index (χ0v) is 8.54. The van der Waals surface area contributed by atoms with E-state index in [-0.39, 0.29) is 5.28 Å². The summed E-state index contributed by atoms with van der Waals surface area (Å²) < 4.78 is 25.5. The Hall–Kier alpha value is -1.30. The van der Waals surface area contributed by atoms with Gasteiger partial charge in [0.15, 0.2) is 5.65 Å². The minimum absolute atomic E-state index is 0.0380. The maximum Gasteiger partial charge on any atom is 0.258 e. The first kappa shape index (κ1) is 10.2. The molecule has 0 saturated heterocycles. The number of hydrogen-bond acceptors (Lipinski definition) is 3. The summed E-state index contributed by atoms with van der Waals surface area (Å²) >= 11 is 5.64. The number of alkyl halides is 2. The predicted molar refractivity (Wildman–Crippen MR) is 51.1 cm³/mol. The molecule has 0 atom stereocenters. The third kappa shape index (κ3) is 1.90. The Bertz CT molecular complexity index is 497. The molecular formula is C8H7ClF2N4. The summed E-state index contributed by atoms with van der Waals surface area (Å²) in [6.07, 6.45) is -1.01. The van der Waals surface area contributed by atoms with E-state index in [4.69, 9.17) is 11.6 Å². The summed E-state index contributed by atoms with van der Waals surface area (Å²) in [5.74, 6) is 0. The van der Waals surface area contributed by atoms with E-state index in [0.29, 0.717) is 16.7 Å². The van der Waals surface area contributed by atoms with E-state index in [1.807, 2.05) is 0 Å². The summed E-state index contributed by atoms with van der Waals surface area (Å²) in [5.41, 5.74) is 0.971. The summed E-state index contributed by atoms with van der Waals surface area (Å²) in [6.45, 7) is 1.24. The fourth-order valence-electron chi connectivity index (χ4n) is 1.33. The van der Waals surface area contributed by atoms with Gasteiger partial charge in [-0.2, -0.15) is 10.1 Å². The largest absolute Gasteiger partial charge is 0.258 e. The van der Waals surface area contributed by atoms with Crippen molar-refractivity contribution in [2.45, 2.75) is 19.9 Å². The monoisotopic (exact) mass is 232 g/mol. The second kappa shape index (κ2) is 3.69. The molecule has 0 fully saturated rings. The van der Waals surface area contributed by atoms with E-state index in [0.717, 1.165) is 4.68 Å². The number of aryl methyl sites for hydroxylation is 1. The fourth-order valence-corrected chi connectivity index (χ4v) is 1.53. The molecule has 2 rings (SSSR count). The third-order valence-corrected chi connectivity index (χ3v) is 2.14. The second-order valence-corrected chi connectivity index (χ2v) is 3.37. The molecule has 7 heteroatoms. The highest BCUT2D eigenvalue weighted by molar-refractivity contribution is 6.28. The van der Waals surface area contributed by atoms with Gasteiger partial charge in [0.05, 0.1) is 17.3 Å². The number of hydrogen-bond donors (Lipinski definition) is 0. The van der Waals surface area contributed by atoms with Crippen LogP contribution < -0.4 is 0 Å². The molecular weight excluding hydrogens is 226 g/mol. The van der Waals surface area contributed by atoms with E-state index in [9.17, 15) is 8.78 Å². The van der Waals surface area contributed by atoms with Gasteiger partial charge < -0.3 is 0 Å². The number of halogens is 3. The summed E-state index contributed by atoms with van der Waals surface area (Å²) in [5, 5.41) is 4.49. The molecule has 0 N–H and O–H groups in total. The average Bonchev–Trinajstić information content (AvgIpc) is 2.48. The van der Waals surface area contributed by atoms with Gasteiger partial charge in [0, 0.05) is 0 Å². The Morgan fingerprint density at radius 3 is 2.87 bits per heavy atom. The first-order valence-corrected chi connectivity index (χ1v) is 4.59. The lowest BCUT2D eigenvalue weighted by molar-refractivity contribution is 0.123. The molecule has 80 valence electrons. The van der Waals surface area contributed by atoms with Gasteiger partial charge in [-0.25, -0.2) is 18.4 Å². The molecule has 0 unspecified atom stereocenters. The molecule has 0 spiro atoms. The summed E-state index contributed by atoms with van der Waals surface area (Å²) in [7, 11) is 0. The molecule has 0 aliphatic carbocycles. The molecule has 0 saturated carbocycles. The van der Waals surface area contributed by atoms with E-state index in [1.165, 1.54) is 6.20 Å². The fraction of sp³-hybridized carbons (Fsp3) is 0.375. The van der Waals surface area contributed by atoms with Gasteiger partial charge in [0.1, 0.15) is 6.54 Å². The SMILES string of the molecule is Cc1nc(Cl)nc2c1cnn2CC(F)F. The third-order valence-electron chi connectivity index (χ3n) is 1.97. The molecule has 0 aromatic carbocycles. The van der Waals surface area contributed by atoms with E-state index >= 15 is 0 Å². The molecule has 4 nitrogen and oxygen atoms in total. The van der Waals surface area contributed by atoms with Crippen molar-refractivity contribution in [3.05, 3.63) is 17.2 Å². The van der Waals surface area contributed by atoms with Crippen LogP contribution in [0.4, 0.5) is 8.78 Å². The minimum Gasteiger partial charge on any atom is -0.241 e. The number of fused-ring (bicyclic) bond motifs is 1. The van der Waals surface area contributed by atoms with Crippen molar-refractivity contribution in [2.24, 2.45) is 0 Å². The molecule has 2 aromatic heterocycles. The number of nitrogens with zero attached hydrogens (tertiary/aromatic N) is 4. The van der Waals surface area contributed by atoms with Crippen molar-refractivity contribution in [1.29, 1.82) is 0 Å². The Morgan fingerprint density at radius 2 is 2.20 bits per heavy atom. The second-order valence-electron chi connectivity index (χ2n) is 3.03. The molecule has 0 bridgehead atoms. The first-order valence-electron chi connectivity index (χ1n) is 4.21. The van der Waals surface area contributed by atoms with Gasteiger partial charge in [-0.05, 0) is 18.5 Å². The lowest BCUT2D eigenvalue weighted by atomic mass is 10.3. The van der Waals surface area contributed by atoms with Crippen LogP contribution in [0.5, 0.6) is 0 Å². The van der Waals surface area contributed by atoms with Gasteiger partial charge in [0.2, 0.25) is 5.28 Å². The van der Waals surface area contributed by atoms with Crippen LogP contribution in [-0.2, 0) is 6.54 Å². The molecule has 2 aromatic rings. The highest BCUT2D eigenvalue weighted by atomic mass is 35.5. The van der Waals surface area contributed by atoms with Crippen molar-refractivity contribution < 1.29 is 8.78 Å². The van der Waals surface area contributed by atoms with Crippen molar-refractivity contribution in [3.8, 4) is 0 Å². The zero-order chi connectivity index (χ0) is 11.0. The quantitative estimate of drug-likeness (QED) is 0.745. The zero-order valence-electron chi connectivity index (χ0n) is 7.78. The number of aromatic nitrogens is 4. The lowest BCUT2D eigenvalue weighted by Crippen LogP contribution is -2.08. The van der Waals surface area contributed by atoms with E-state index in [1.54, 1.807) is 6.92 Å². The minimum atomic E-state index is -2.47. The maximum absolute atomic E-state index is 12.2. The summed E-state index contributed by atoms with van der Waals surface area (Å²) in [4.78, 5) is 7.78. The predicted octanol–water partition coefficient (Wildman–Crippen LogP) is 2.05. The van der Waals surface area contributed by atoms with Crippen LogP contribution in [0.1, 0.15) is 5.69 Å². The van der Waals surface area contributed by atoms with Crippen LogP contribution >= 0.6 is 11.6 Å². The van der Waals surface area contributed by atoms with Crippen LogP contribution in [0.3, 0.4) is 0 Å². The van der Waals surface area contributed by atoms with Gasteiger partial charge in [-0.3, -0.25) is 0 Å². The normalized spacial score (nSPS) is 11.5. The Balaban J connectivity index is 2.58. The van der Waals surface area contributed by atoms with Crippen LogP contribution in [0.15, 0.2) is 6.20 Å². The van der Waals surface area contributed by atoms with Crippen molar-refractivity contribution >= 4 is 22.6 Å². The molecule has 0 aliphatic heterocycles. The van der Waals surface area contributed by atoms with Gasteiger partial charge in [-0.1, -0.05) is 0 Å². The van der Waals surface area contributed by atoms with E-state index in [2.05, 4.69) is 15.1 Å². The Labute approximate surface area is 88.9 Å². The molecule has 0 aliphatic rings. The first-order chi connectivity index (χ1) is 7.08. The molecule has 2 heterocycles. The molecule has 0 amide bonds. The maximum atomic E-state index is 12.2. The molecule has 0 radical (unpaired) electrons. The van der Waals surface area contributed by atoms with Gasteiger partial charge in [0.25, 0.3) is 6.43 Å². The van der Waals surface area contributed by atoms with Crippen LogP contribution in [0.25, 0.3) is 11.0 Å². The lowest BCUT2D eigenvalue weighted by Gasteiger charge is -2.02. The molecule has 15 heavy (non-hydrogen) atoms. The Morgan fingerprint density at radius 1 is 1.47 bits per heavy atom. The van der Waals surface area contributed by atoms with Gasteiger partial charge in [-0.15, -0.1) is 0 Å². The van der Waals surface area contributed by atoms with Crippen LogP contribution in [0, 0.1) is 6.92 Å². The smallest absolute Gasteiger partial charge is 0.241 e. The standard InChI is InChI=1S/C8H7ClF2N4/c1-4-5-2-12-15(3-6(10)11)7(5)14-8(9)13-4/h2,6H,3H2,1H3. The Kier molecular flexibility index (Phi) is 2.52. The van der Waals surface area contributed by atoms with Crippen molar-refractivity contribution in [2.75, 3.05) is 0 Å². The topological polar surface area (TPSA) is 43.6 Å². The van der Waals surface area contributed by atoms with E-state index < -0.39 is 13.0 Å². The summed E-state index contributed by atoms with van der Waals surface area (Å²) in [6, 6.07) is 0. The highest BCUT2D eigenvalue weighted by Crippen LogP contribution is 2.17. The van der Waals surface area contributed by atoms with Crippen LogP contribution in [-0.4, -0.2) is 26.2 Å². The average molecular weight is 233 g/mol.